The van der Waals surface area contributed by atoms with Crippen LogP contribution in [0.15, 0.2) is 63.5 Å². The van der Waals surface area contributed by atoms with Gasteiger partial charge in [0.25, 0.3) is 5.56 Å². The smallest absolute Gasteiger partial charge is 0.344 e. The number of para-hydroxylation sites is 1. The Morgan fingerprint density at radius 1 is 1.00 bits per heavy atom. The van der Waals surface area contributed by atoms with Gasteiger partial charge in [0.1, 0.15) is 11.8 Å². The van der Waals surface area contributed by atoms with Crippen molar-refractivity contribution in [1.29, 1.82) is 0 Å². The minimum absolute atomic E-state index is 0.169. The standard InChI is InChI=1S/C30H32N2O8S/c1-6-37-24(33)17-40-20-14-12-19(13-15-20)16-23-28(34)32-26(21-10-9-11-22(36-5)27(21)38-7-2)25(29(35)39-8-3)18(4)31-30(32)41-23/h9-16,26H,6-8,17H2,1-5H3/b23-16+/t26-/m0/s1. The number of fused-ring (bicyclic) bond motifs is 1. The van der Waals surface area contributed by atoms with Crippen LogP contribution in [0.4, 0.5) is 0 Å². The molecule has 10 nitrogen and oxygen atoms in total. The lowest BCUT2D eigenvalue weighted by Gasteiger charge is -2.26. The molecule has 0 bridgehead atoms. The fourth-order valence-corrected chi connectivity index (χ4v) is 5.50. The summed E-state index contributed by atoms with van der Waals surface area (Å²) in [7, 11) is 1.54. The van der Waals surface area contributed by atoms with Crippen molar-refractivity contribution in [3.05, 3.63) is 84.5 Å². The zero-order chi connectivity index (χ0) is 29.5. The van der Waals surface area contributed by atoms with Gasteiger partial charge in [0.2, 0.25) is 0 Å². The first-order valence-corrected chi connectivity index (χ1v) is 14.0. The number of ether oxygens (including phenoxy) is 5. The number of carbonyl (C=O) groups is 2. The van der Waals surface area contributed by atoms with Crippen LogP contribution in [0.1, 0.15) is 44.9 Å². The maximum Gasteiger partial charge on any atom is 0.344 e. The van der Waals surface area contributed by atoms with Crippen molar-refractivity contribution in [3.8, 4) is 17.2 Å². The number of hydrogen-bond acceptors (Lipinski definition) is 10. The van der Waals surface area contributed by atoms with Gasteiger partial charge in [0.05, 0.1) is 42.7 Å². The highest BCUT2D eigenvalue weighted by atomic mass is 32.1. The van der Waals surface area contributed by atoms with Crippen LogP contribution in [0.2, 0.25) is 0 Å². The van der Waals surface area contributed by atoms with Crippen LogP contribution >= 0.6 is 11.3 Å². The zero-order valence-electron chi connectivity index (χ0n) is 23.6. The van der Waals surface area contributed by atoms with Crippen LogP contribution < -0.4 is 29.1 Å². The van der Waals surface area contributed by atoms with Gasteiger partial charge in [-0.05, 0) is 57.5 Å². The molecule has 0 spiro atoms. The van der Waals surface area contributed by atoms with E-state index in [1.807, 2.05) is 13.0 Å². The van der Waals surface area contributed by atoms with E-state index in [1.165, 1.54) is 23.0 Å². The van der Waals surface area contributed by atoms with E-state index in [4.69, 9.17) is 23.7 Å². The number of thiazole rings is 1. The Hall–Kier alpha value is -4.38. The topological polar surface area (TPSA) is 115 Å². The number of allylic oxidation sites excluding steroid dienone is 1. The average Bonchev–Trinajstić information content (AvgIpc) is 3.26. The second-order valence-electron chi connectivity index (χ2n) is 8.78. The van der Waals surface area contributed by atoms with Crippen LogP contribution in [0.5, 0.6) is 17.2 Å². The van der Waals surface area contributed by atoms with E-state index < -0.39 is 18.0 Å². The predicted octanol–water partition coefficient (Wildman–Crippen LogP) is 3.15. The van der Waals surface area contributed by atoms with E-state index in [-0.39, 0.29) is 31.0 Å². The molecule has 1 aromatic heterocycles. The van der Waals surface area contributed by atoms with E-state index in [0.717, 1.165) is 5.56 Å². The summed E-state index contributed by atoms with van der Waals surface area (Å²) in [5.74, 6) is 0.402. The molecule has 0 amide bonds. The van der Waals surface area contributed by atoms with Gasteiger partial charge in [0, 0.05) is 5.56 Å². The first kappa shape index (κ1) is 29.6. The van der Waals surface area contributed by atoms with Gasteiger partial charge < -0.3 is 23.7 Å². The third kappa shape index (κ3) is 6.35. The maximum atomic E-state index is 13.9. The molecule has 1 aliphatic rings. The van der Waals surface area contributed by atoms with Crippen molar-refractivity contribution >= 4 is 29.4 Å². The third-order valence-electron chi connectivity index (χ3n) is 6.17. The molecule has 0 unspecified atom stereocenters. The number of hydrogen-bond donors (Lipinski definition) is 0. The summed E-state index contributed by atoms with van der Waals surface area (Å²) in [5, 5.41) is 0. The molecule has 216 valence electrons. The van der Waals surface area contributed by atoms with Gasteiger partial charge in [-0.15, -0.1) is 0 Å². The molecule has 0 saturated heterocycles. The van der Waals surface area contributed by atoms with Crippen LogP contribution in [-0.4, -0.2) is 50.0 Å². The first-order valence-electron chi connectivity index (χ1n) is 13.2. The number of methoxy groups -OCH3 is 1. The zero-order valence-corrected chi connectivity index (χ0v) is 24.4. The summed E-state index contributed by atoms with van der Waals surface area (Å²) >= 11 is 1.22. The Morgan fingerprint density at radius 2 is 1.73 bits per heavy atom. The van der Waals surface area contributed by atoms with Crippen LogP contribution in [0.25, 0.3) is 6.08 Å². The van der Waals surface area contributed by atoms with Crippen molar-refractivity contribution in [2.45, 2.75) is 33.7 Å². The van der Waals surface area contributed by atoms with E-state index in [2.05, 4.69) is 4.99 Å². The first-order chi connectivity index (χ1) is 19.8. The quantitative estimate of drug-likeness (QED) is 0.318. The Labute approximate surface area is 241 Å². The van der Waals surface area contributed by atoms with Crippen LogP contribution in [0, 0.1) is 0 Å². The highest BCUT2D eigenvalue weighted by Crippen LogP contribution is 2.40. The third-order valence-corrected chi connectivity index (χ3v) is 7.15. The largest absolute Gasteiger partial charge is 0.493 e. The highest BCUT2D eigenvalue weighted by Gasteiger charge is 2.36. The molecule has 2 heterocycles. The summed E-state index contributed by atoms with van der Waals surface area (Å²) < 4.78 is 29.2. The van der Waals surface area contributed by atoms with Gasteiger partial charge in [-0.25, -0.2) is 14.6 Å². The summed E-state index contributed by atoms with van der Waals surface area (Å²) in [6.07, 6.45) is 1.74. The Balaban J connectivity index is 1.82. The molecule has 0 fully saturated rings. The van der Waals surface area contributed by atoms with Gasteiger partial charge in [-0.3, -0.25) is 9.36 Å². The lowest BCUT2D eigenvalue weighted by Crippen LogP contribution is -2.40. The summed E-state index contributed by atoms with van der Waals surface area (Å²) in [6, 6.07) is 11.5. The molecule has 2 aromatic carbocycles. The highest BCUT2D eigenvalue weighted by molar-refractivity contribution is 7.07. The minimum Gasteiger partial charge on any atom is -0.493 e. The predicted molar refractivity (Wildman–Crippen MR) is 153 cm³/mol. The number of rotatable bonds is 11. The summed E-state index contributed by atoms with van der Waals surface area (Å²) in [5.41, 5.74) is 1.71. The molecule has 0 saturated carbocycles. The van der Waals surface area contributed by atoms with Crippen LogP contribution in [-0.2, 0) is 19.1 Å². The Morgan fingerprint density at radius 3 is 2.39 bits per heavy atom. The molecule has 3 aromatic rings. The lowest BCUT2D eigenvalue weighted by molar-refractivity contribution is -0.145. The molecule has 4 rings (SSSR count). The molecule has 0 aliphatic carbocycles. The fraction of sp³-hybridized carbons (Fsp3) is 0.333. The maximum absolute atomic E-state index is 13.9. The average molecular weight is 581 g/mol. The summed E-state index contributed by atoms with van der Waals surface area (Å²) in [4.78, 5) is 43.8. The molecule has 1 atom stereocenters. The van der Waals surface area contributed by atoms with Crippen molar-refractivity contribution in [2.75, 3.05) is 33.5 Å². The molecular weight excluding hydrogens is 548 g/mol. The number of nitrogens with zero attached hydrogens (tertiary/aromatic N) is 2. The van der Waals surface area contributed by atoms with Crippen molar-refractivity contribution in [3.63, 3.8) is 0 Å². The molecule has 11 heteroatoms. The molecule has 0 N–H and O–H groups in total. The van der Waals surface area contributed by atoms with Crippen molar-refractivity contribution in [2.24, 2.45) is 4.99 Å². The van der Waals surface area contributed by atoms with Crippen LogP contribution in [0.3, 0.4) is 0 Å². The normalized spacial score (nSPS) is 14.7. The van der Waals surface area contributed by atoms with E-state index in [1.54, 1.807) is 63.2 Å². The molecule has 41 heavy (non-hydrogen) atoms. The van der Waals surface area contributed by atoms with Gasteiger partial charge in [-0.2, -0.15) is 0 Å². The second kappa shape index (κ2) is 13.3. The van der Waals surface area contributed by atoms with E-state index >= 15 is 0 Å². The van der Waals surface area contributed by atoms with Gasteiger partial charge in [0.15, 0.2) is 22.9 Å². The number of benzene rings is 2. The number of carbonyl (C=O) groups excluding carboxylic acids is 2. The Bertz CT molecular complexity index is 1640. The second-order valence-corrected chi connectivity index (χ2v) is 9.79. The van der Waals surface area contributed by atoms with E-state index in [9.17, 15) is 14.4 Å². The molecule has 0 radical (unpaired) electrons. The monoisotopic (exact) mass is 580 g/mol. The molecular formula is C30H32N2O8S. The summed E-state index contributed by atoms with van der Waals surface area (Å²) in [6.45, 7) is 7.64. The Kier molecular flexibility index (Phi) is 9.61. The minimum atomic E-state index is -0.845. The van der Waals surface area contributed by atoms with E-state index in [0.29, 0.717) is 44.4 Å². The lowest BCUT2D eigenvalue weighted by atomic mass is 9.94. The van der Waals surface area contributed by atoms with Crippen molar-refractivity contribution in [1.82, 2.24) is 4.57 Å². The SMILES string of the molecule is CCOC(=O)COc1ccc(/C=c2/sc3n(c2=O)[C@@H](c2cccc(OC)c2OCC)C(C(=O)OCC)=C(C)N=3)cc1. The number of aromatic nitrogens is 1. The van der Waals surface area contributed by atoms with Gasteiger partial charge >= 0.3 is 11.9 Å². The van der Waals surface area contributed by atoms with Gasteiger partial charge in [-0.1, -0.05) is 35.6 Å². The number of esters is 2. The fourth-order valence-electron chi connectivity index (χ4n) is 4.45. The molecule has 1 aliphatic heterocycles. The van der Waals surface area contributed by atoms with Crippen molar-refractivity contribution < 1.29 is 33.3 Å².